The van der Waals surface area contributed by atoms with Crippen molar-refractivity contribution < 1.29 is 23.3 Å². The SMILES string of the molecule is CN(Cc1ccco1)C(=O)COC(=O)c1ccc2noc(-c3ccccc3)c2c1. The van der Waals surface area contributed by atoms with Crippen LogP contribution in [0, 0.1) is 0 Å². The van der Waals surface area contributed by atoms with Crippen molar-refractivity contribution in [2.24, 2.45) is 0 Å². The number of hydrogen-bond acceptors (Lipinski definition) is 6. The second-order valence-corrected chi connectivity index (χ2v) is 6.51. The number of nitrogens with zero attached hydrogens (tertiary/aromatic N) is 2. The summed E-state index contributed by atoms with van der Waals surface area (Å²) in [5.41, 5.74) is 1.81. The van der Waals surface area contributed by atoms with Gasteiger partial charge >= 0.3 is 5.97 Å². The summed E-state index contributed by atoms with van der Waals surface area (Å²) in [6.45, 7) is -0.0558. The summed E-state index contributed by atoms with van der Waals surface area (Å²) in [7, 11) is 1.62. The van der Waals surface area contributed by atoms with Crippen LogP contribution in [0.1, 0.15) is 16.1 Å². The lowest BCUT2D eigenvalue weighted by Crippen LogP contribution is -2.30. The third-order valence-corrected chi connectivity index (χ3v) is 4.47. The second kappa shape index (κ2) is 8.02. The molecule has 0 aliphatic carbocycles. The van der Waals surface area contributed by atoms with Crippen LogP contribution < -0.4 is 0 Å². The number of likely N-dealkylation sites (N-methyl/N-ethyl adjacent to an activating group) is 1. The zero-order valence-corrected chi connectivity index (χ0v) is 15.7. The third-order valence-electron chi connectivity index (χ3n) is 4.47. The lowest BCUT2D eigenvalue weighted by atomic mass is 10.1. The van der Waals surface area contributed by atoms with E-state index in [1.165, 1.54) is 11.2 Å². The van der Waals surface area contributed by atoms with Crippen LogP contribution in [0.2, 0.25) is 0 Å². The summed E-state index contributed by atoms with van der Waals surface area (Å²) < 4.78 is 15.8. The first-order valence-electron chi connectivity index (χ1n) is 9.00. The highest BCUT2D eigenvalue weighted by Gasteiger charge is 2.17. The maximum atomic E-state index is 12.4. The molecule has 7 nitrogen and oxygen atoms in total. The minimum absolute atomic E-state index is 0.302. The molecule has 0 spiro atoms. The van der Waals surface area contributed by atoms with Gasteiger partial charge in [0.25, 0.3) is 5.91 Å². The zero-order chi connectivity index (χ0) is 20.2. The molecule has 0 bridgehead atoms. The van der Waals surface area contributed by atoms with Crippen molar-refractivity contribution in [1.29, 1.82) is 0 Å². The molecular weight excluding hydrogens is 372 g/mol. The van der Waals surface area contributed by atoms with Crippen LogP contribution in [0.15, 0.2) is 75.9 Å². The number of fused-ring (bicyclic) bond motifs is 1. The molecular formula is C22H18N2O5. The number of rotatable bonds is 6. The Bertz CT molecular complexity index is 1130. The Morgan fingerprint density at radius 1 is 1.07 bits per heavy atom. The van der Waals surface area contributed by atoms with E-state index in [1.54, 1.807) is 37.4 Å². The van der Waals surface area contributed by atoms with Crippen LogP contribution in [-0.2, 0) is 16.1 Å². The molecule has 0 saturated carbocycles. The van der Waals surface area contributed by atoms with Gasteiger partial charge in [-0.3, -0.25) is 4.79 Å². The minimum Gasteiger partial charge on any atom is -0.467 e. The first kappa shape index (κ1) is 18.5. The Hall–Kier alpha value is -3.87. The van der Waals surface area contributed by atoms with Crippen LogP contribution in [-0.4, -0.2) is 35.6 Å². The van der Waals surface area contributed by atoms with E-state index < -0.39 is 5.97 Å². The van der Waals surface area contributed by atoms with Gasteiger partial charge in [0.1, 0.15) is 11.3 Å². The van der Waals surface area contributed by atoms with Crippen molar-refractivity contribution in [2.75, 3.05) is 13.7 Å². The topological polar surface area (TPSA) is 85.8 Å². The Morgan fingerprint density at radius 3 is 2.66 bits per heavy atom. The highest BCUT2D eigenvalue weighted by Crippen LogP contribution is 2.29. The molecule has 0 N–H and O–H groups in total. The summed E-state index contributed by atoms with van der Waals surface area (Å²) >= 11 is 0. The van der Waals surface area contributed by atoms with E-state index in [0.717, 1.165) is 5.56 Å². The predicted octanol–water partition coefficient (Wildman–Crippen LogP) is 3.90. The van der Waals surface area contributed by atoms with Gasteiger partial charge in [-0.2, -0.15) is 0 Å². The van der Waals surface area contributed by atoms with Crippen molar-refractivity contribution in [3.05, 3.63) is 78.3 Å². The molecule has 4 aromatic rings. The van der Waals surface area contributed by atoms with E-state index in [4.69, 9.17) is 13.7 Å². The molecule has 0 radical (unpaired) electrons. The average molecular weight is 390 g/mol. The Balaban J connectivity index is 1.45. The fraction of sp³-hybridized carbons (Fsp3) is 0.136. The van der Waals surface area contributed by atoms with E-state index >= 15 is 0 Å². The summed E-state index contributed by atoms with van der Waals surface area (Å²) in [5, 5.41) is 4.73. The van der Waals surface area contributed by atoms with Gasteiger partial charge in [0.2, 0.25) is 0 Å². The molecule has 2 aromatic heterocycles. The molecule has 2 aromatic carbocycles. The number of ether oxygens (including phenoxy) is 1. The minimum atomic E-state index is -0.591. The maximum Gasteiger partial charge on any atom is 0.338 e. The smallest absolute Gasteiger partial charge is 0.338 e. The number of hydrogen-bond donors (Lipinski definition) is 0. The zero-order valence-electron chi connectivity index (χ0n) is 15.7. The van der Waals surface area contributed by atoms with Gasteiger partial charge in [0, 0.05) is 12.6 Å². The average Bonchev–Trinajstić information content (AvgIpc) is 3.41. The van der Waals surface area contributed by atoms with Gasteiger partial charge in [-0.15, -0.1) is 0 Å². The number of aromatic nitrogens is 1. The Kier molecular flexibility index (Phi) is 5.11. The van der Waals surface area contributed by atoms with Crippen molar-refractivity contribution in [2.45, 2.75) is 6.54 Å². The Labute approximate surface area is 166 Å². The van der Waals surface area contributed by atoms with Crippen molar-refractivity contribution in [1.82, 2.24) is 10.1 Å². The van der Waals surface area contributed by atoms with Crippen LogP contribution in [0.5, 0.6) is 0 Å². The van der Waals surface area contributed by atoms with Crippen LogP contribution in [0.4, 0.5) is 0 Å². The molecule has 0 atom stereocenters. The van der Waals surface area contributed by atoms with Gasteiger partial charge in [0.15, 0.2) is 12.4 Å². The largest absolute Gasteiger partial charge is 0.467 e. The van der Waals surface area contributed by atoms with E-state index in [9.17, 15) is 9.59 Å². The van der Waals surface area contributed by atoms with Crippen LogP contribution in [0.3, 0.4) is 0 Å². The number of carbonyl (C=O) groups excluding carboxylic acids is 2. The molecule has 29 heavy (non-hydrogen) atoms. The predicted molar refractivity (Wildman–Crippen MR) is 105 cm³/mol. The van der Waals surface area contributed by atoms with Crippen molar-refractivity contribution in [3.63, 3.8) is 0 Å². The van der Waals surface area contributed by atoms with Gasteiger partial charge < -0.3 is 18.6 Å². The van der Waals surface area contributed by atoms with E-state index in [0.29, 0.717) is 34.5 Å². The quantitative estimate of drug-likeness (QED) is 0.464. The third kappa shape index (κ3) is 4.03. The highest BCUT2D eigenvalue weighted by molar-refractivity contribution is 5.99. The summed E-state index contributed by atoms with van der Waals surface area (Å²) in [5.74, 6) is 0.306. The molecule has 0 aliphatic heterocycles. The number of furan rings is 1. The standard InChI is InChI=1S/C22H18N2O5/c1-24(13-17-8-5-11-27-17)20(25)14-28-22(26)16-9-10-19-18(12-16)21(29-23-19)15-6-3-2-4-7-15/h2-12H,13-14H2,1H3. The summed E-state index contributed by atoms with van der Waals surface area (Å²) in [6, 6.07) is 18.0. The second-order valence-electron chi connectivity index (χ2n) is 6.51. The van der Waals surface area contributed by atoms with Gasteiger partial charge in [-0.1, -0.05) is 35.5 Å². The molecule has 0 fully saturated rings. The molecule has 146 valence electrons. The number of amides is 1. The fourth-order valence-electron chi connectivity index (χ4n) is 2.91. The highest BCUT2D eigenvalue weighted by atomic mass is 16.5. The molecule has 0 aliphatic rings. The van der Waals surface area contributed by atoms with Gasteiger partial charge in [0.05, 0.1) is 23.8 Å². The normalized spacial score (nSPS) is 10.8. The van der Waals surface area contributed by atoms with E-state index in [-0.39, 0.29) is 12.5 Å². The van der Waals surface area contributed by atoms with Crippen LogP contribution >= 0.6 is 0 Å². The molecule has 1 amide bonds. The first-order chi connectivity index (χ1) is 14.1. The van der Waals surface area contributed by atoms with Gasteiger partial charge in [-0.25, -0.2) is 4.79 Å². The fourth-order valence-corrected chi connectivity index (χ4v) is 2.91. The molecule has 4 rings (SSSR count). The number of esters is 1. The van der Waals surface area contributed by atoms with E-state index in [1.807, 2.05) is 30.3 Å². The van der Waals surface area contributed by atoms with Crippen LogP contribution in [0.25, 0.3) is 22.2 Å². The molecule has 0 unspecified atom stereocenters. The van der Waals surface area contributed by atoms with Crippen molar-refractivity contribution >= 4 is 22.8 Å². The van der Waals surface area contributed by atoms with Crippen molar-refractivity contribution in [3.8, 4) is 11.3 Å². The monoisotopic (exact) mass is 390 g/mol. The summed E-state index contributed by atoms with van der Waals surface area (Å²) in [4.78, 5) is 26.1. The number of carbonyl (C=O) groups is 2. The first-order valence-corrected chi connectivity index (χ1v) is 9.00. The maximum absolute atomic E-state index is 12.4. The lowest BCUT2D eigenvalue weighted by molar-refractivity contribution is -0.133. The summed E-state index contributed by atoms with van der Waals surface area (Å²) in [6.07, 6.45) is 1.54. The molecule has 7 heteroatoms. The Morgan fingerprint density at radius 2 is 1.90 bits per heavy atom. The molecule has 0 saturated heterocycles. The lowest BCUT2D eigenvalue weighted by Gasteiger charge is -2.15. The number of benzene rings is 2. The van der Waals surface area contributed by atoms with E-state index in [2.05, 4.69) is 5.16 Å². The van der Waals surface area contributed by atoms with Gasteiger partial charge in [-0.05, 0) is 30.3 Å². The molecule has 2 heterocycles.